The molecular weight excluding hydrogens is 347 g/mol. The molecule has 0 saturated heterocycles. The standard InChI is InChI=1S/C19H16Cl2O3/c20-10-7-8-11(12(21)9-10)17-18-13(22)3-1-5-15(18)24-16-6-2-4-14(23)19(16)17/h7-9,17H,1-6H2. The van der Waals surface area contributed by atoms with E-state index >= 15 is 0 Å². The molecule has 1 aromatic rings. The Kier molecular flexibility index (Phi) is 4.01. The lowest BCUT2D eigenvalue weighted by Crippen LogP contribution is -2.30. The van der Waals surface area contributed by atoms with Gasteiger partial charge >= 0.3 is 0 Å². The molecule has 0 saturated carbocycles. The fourth-order valence-electron chi connectivity index (χ4n) is 3.86. The minimum atomic E-state index is -0.422. The van der Waals surface area contributed by atoms with E-state index < -0.39 is 5.92 Å². The molecule has 0 spiro atoms. The van der Waals surface area contributed by atoms with Gasteiger partial charge in [0.15, 0.2) is 11.6 Å². The van der Waals surface area contributed by atoms with Crippen LogP contribution in [0.3, 0.4) is 0 Å². The van der Waals surface area contributed by atoms with Gasteiger partial charge in [-0.2, -0.15) is 0 Å². The maximum atomic E-state index is 12.6. The van der Waals surface area contributed by atoms with Crippen LogP contribution in [-0.4, -0.2) is 11.6 Å². The Hall–Kier alpha value is -1.58. The quantitative estimate of drug-likeness (QED) is 0.695. The minimum absolute atomic E-state index is 0.0530. The van der Waals surface area contributed by atoms with Crippen LogP contribution in [0.2, 0.25) is 10.0 Å². The number of hydrogen-bond acceptors (Lipinski definition) is 3. The van der Waals surface area contributed by atoms with Crippen LogP contribution >= 0.6 is 23.2 Å². The Morgan fingerprint density at radius 1 is 0.875 bits per heavy atom. The summed E-state index contributed by atoms with van der Waals surface area (Å²) in [4.78, 5) is 25.3. The van der Waals surface area contributed by atoms with Gasteiger partial charge in [-0.1, -0.05) is 29.3 Å². The molecule has 124 valence electrons. The number of carbonyl (C=O) groups excluding carboxylic acids is 2. The highest BCUT2D eigenvalue weighted by atomic mass is 35.5. The van der Waals surface area contributed by atoms with Gasteiger partial charge in [-0.15, -0.1) is 0 Å². The van der Waals surface area contributed by atoms with Crippen molar-refractivity contribution in [2.45, 2.75) is 44.4 Å². The molecule has 4 rings (SSSR count). The Balaban J connectivity index is 1.94. The van der Waals surface area contributed by atoms with Gasteiger partial charge in [-0.05, 0) is 30.5 Å². The van der Waals surface area contributed by atoms with Gasteiger partial charge < -0.3 is 4.74 Å². The van der Waals surface area contributed by atoms with Crippen LogP contribution in [0.5, 0.6) is 0 Å². The van der Waals surface area contributed by atoms with Crippen molar-refractivity contribution < 1.29 is 14.3 Å². The number of halogens is 2. The molecule has 0 amide bonds. The average molecular weight is 363 g/mol. The number of Topliss-reactive ketones (excluding diaryl/α,β-unsaturated/α-hetero) is 2. The second-order valence-electron chi connectivity index (χ2n) is 6.43. The van der Waals surface area contributed by atoms with Crippen molar-refractivity contribution >= 4 is 34.8 Å². The molecule has 0 radical (unpaired) electrons. The molecule has 1 heterocycles. The van der Waals surface area contributed by atoms with Crippen LogP contribution in [0.1, 0.15) is 50.0 Å². The van der Waals surface area contributed by atoms with Crippen molar-refractivity contribution in [3.8, 4) is 0 Å². The largest absolute Gasteiger partial charge is 0.465 e. The molecule has 5 heteroatoms. The normalized spacial score (nSPS) is 21.6. The summed E-state index contributed by atoms with van der Waals surface area (Å²) in [5.74, 6) is 1.12. The third-order valence-corrected chi connectivity index (χ3v) is 5.48. The lowest BCUT2D eigenvalue weighted by molar-refractivity contribution is -0.117. The number of ketones is 2. The van der Waals surface area contributed by atoms with Crippen molar-refractivity contribution in [3.05, 3.63) is 56.5 Å². The molecule has 3 aliphatic rings. The van der Waals surface area contributed by atoms with Crippen molar-refractivity contribution in [1.29, 1.82) is 0 Å². The van der Waals surface area contributed by atoms with E-state index in [1.165, 1.54) is 0 Å². The molecule has 1 aromatic carbocycles. The summed E-state index contributed by atoms with van der Waals surface area (Å²) >= 11 is 12.4. The van der Waals surface area contributed by atoms with E-state index in [1.54, 1.807) is 12.1 Å². The zero-order valence-corrected chi connectivity index (χ0v) is 14.5. The monoisotopic (exact) mass is 362 g/mol. The van der Waals surface area contributed by atoms with E-state index in [-0.39, 0.29) is 11.6 Å². The van der Waals surface area contributed by atoms with Crippen LogP contribution in [0.15, 0.2) is 40.9 Å². The van der Waals surface area contributed by atoms with Gasteiger partial charge in [0, 0.05) is 52.8 Å². The van der Waals surface area contributed by atoms with Gasteiger partial charge in [0.05, 0.1) is 0 Å². The van der Waals surface area contributed by atoms with Crippen molar-refractivity contribution in [2.75, 3.05) is 0 Å². The predicted molar refractivity (Wildman–Crippen MR) is 92.1 cm³/mol. The van der Waals surface area contributed by atoms with Gasteiger partial charge in [0.1, 0.15) is 11.5 Å². The molecule has 1 aliphatic heterocycles. The Morgan fingerprint density at radius 2 is 1.46 bits per heavy atom. The molecule has 0 N–H and O–H groups in total. The lowest BCUT2D eigenvalue weighted by Gasteiger charge is -2.36. The summed E-state index contributed by atoms with van der Waals surface area (Å²) in [5, 5.41) is 1.01. The fraction of sp³-hybridized carbons (Fsp3) is 0.368. The first kappa shape index (κ1) is 15.9. The molecule has 0 bridgehead atoms. The summed E-state index contributed by atoms with van der Waals surface area (Å²) in [7, 11) is 0. The molecule has 2 aliphatic carbocycles. The second kappa shape index (κ2) is 6.05. The average Bonchev–Trinajstić information content (AvgIpc) is 2.54. The number of allylic oxidation sites excluding steroid dienone is 4. The zero-order chi connectivity index (χ0) is 16.8. The summed E-state index contributed by atoms with van der Waals surface area (Å²) < 4.78 is 6.00. The van der Waals surface area contributed by atoms with Gasteiger partial charge in [-0.25, -0.2) is 0 Å². The van der Waals surface area contributed by atoms with E-state index in [0.29, 0.717) is 34.0 Å². The first-order chi connectivity index (χ1) is 11.6. The van der Waals surface area contributed by atoms with Crippen molar-refractivity contribution in [3.63, 3.8) is 0 Å². The molecule has 0 unspecified atom stereocenters. The molecule has 3 nitrogen and oxygen atoms in total. The Morgan fingerprint density at radius 3 is 2.00 bits per heavy atom. The van der Waals surface area contributed by atoms with Crippen LogP contribution in [0.4, 0.5) is 0 Å². The maximum Gasteiger partial charge on any atom is 0.163 e. The summed E-state index contributed by atoms with van der Waals surface area (Å²) in [6.07, 6.45) is 4.01. The van der Waals surface area contributed by atoms with Crippen LogP contribution < -0.4 is 0 Å². The van der Waals surface area contributed by atoms with E-state index in [2.05, 4.69) is 0 Å². The zero-order valence-electron chi connectivity index (χ0n) is 13.0. The van der Waals surface area contributed by atoms with Gasteiger partial charge in [-0.3, -0.25) is 9.59 Å². The second-order valence-corrected chi connectivity index (χ2v) is 7.27. The first-order valence-corrected chi connectivity index (χ1v) is 8.97. The minimum Gasteiger partial charge on any atom is -0.465 e. The summed E-state index contributed by atoms with van der Waals surface area (Å²) in [6, 6.07) is 5.23. The van der Waals surface area contributed by atoms with Gasteiger partial charge in [0.25, 0.3) is 0 Å². The lowest BCUT2D eigenvalue weighted by atomic mass is 9.73. The number of ether oxygens (including phenoxy) is 1. The SMILES string of the molecule is O=C1CCCC2=C1C(c1ccc(Cl)cc1Cl)C1=C(CCCC1=O)O2. The first-order valence-electron chi connectivity index (χ1n) is 8.21. The van der Waals surface area contributed by atoms with Crippen molar-refractivity contribution in [1.82, 2.24) is 0 Å². The van der Waals surface area contributed by atoms with Crippen LogP contribution in [0.25, 0.3) is 0 Å². The molecule has 0 atom stereocenters. The van der Waals surface area contributed by atoms with E-state index in [9.17, 15) is 9.59 Å². The highest BCUT2D eigenvalue weighted by Gasteiger charge is 2.42. The number of benzene rings is 1. The summed E-state index contributed by atoms with van der Waals surface area (Å²) in [6.45, 7) is 0. The number of rotatable bonds is 1. The van der Waals surface area contributed by atoms with E-state index in [4.69, 9.17) is 27.9 Å². The van der Waals surface area contributed by atoms with Crippen LogP contribution in [-0.2, 0) is 14.3 Å². The Bertz CT molecular complexity index is 778. The predicted octanol–water partition coefficient (Wildman–Crippen LogP) is 5.12. The smallest absolute Gasteiger partial charge is 0.163 e. The van der Waals surface area contributed by atoms with Crippen LogP contribution in [0, 0.1) is 0 Å². The number of hydrogen-bond donors (Lipinski definition) is 0. The number of carbonyl (C=O) groups is 2. The van der Waals surface area contributed by atoms with E-state index in [1.807, 2.05) is 6.07 Å². The summed E-state index contributed by atoms with van der Waals surface area (Å²) in [5.41, 5.74) is 1.98. The topological polar surface area (TPSA) is 43.4 Å². The third kappa shape index (κ3) is 2.51. The fourth-order valence-corrected chi connectivity index (χ4v) is 4.38. The highest BCUT2D eigenvalue weighted by Crippen LogP contribution is 2.49. The molecule has 24 heavy (non-hydrogen) atoms. The maximum absolute atomic E-state index is 12.6. The Labute approximate surface area is 150 Å². The highest BCUT2D eigenvalue weighted by molar-refractivity contribution is 6.35. The van der Waals surface area contributed by atoms with Crippen molar-refractivity contribution in [2.24, 2.45) is 0 Å². The molecular formula is C19H16Cl2O3. The third-order valence-electron chi connectivity index (χ3n) is 4.91. The molecule has 0 fully saturated rings. The van der Waals surface area contributed by atoms with Gasteiger partial charge in [0.2, 0.25) is 0 Å². The van der Waals surface area contributed by atoms with E-state index in [0.717, 1.165) is 42.8 Å². The molecule has 0 aromatic heterocycles.